The van der Waals surface area contributed by atoms with E-state index in [2.05, 4.69) is 5.32 Å². The maximum atomic E-state index is 13.0. The average molecular weight is 415 g/mol. The van der Waals surface area contributed by atoms with Crippen LogP contribution in [-0.2, 0) is 15.7 Å². The van der Waals surface area contributed by atoms with E-state index in [-0.39, 0.29) is 5.56 Å². The summed E-state index contributed by atoms with van der Waals surface area (Å²) in [5.41, 5.74) is -1.23. The molecule has 0 aliphatic carbocycles. The highest BCUT2D eigenvalue weighted by Crippen LogP contribution is 2.34. The topological polar surface area (TPSA) is 64.6 Å². The number of carbonyl (C=O) groups is 2. The molecule has 0 spiro atoms. The molecule has 154 valence electrons. The van der Waals surface area contributed by atoms with Crippen LogP contribution in [0.5, 0.6) is 11.5 Å². The van der Waals surface area contributed by atoms with E-state index in [4.69, 9.17) is 9.47 Å². The molecule has 1 amide bonds. The van der Waals surface area contributed by atoms with Crippen LogP contribution in [0.4, 0.5) is 18.9 Å². The largest absolute Gasteiger partial charge is 0.457 e. The molecule has 0 fully saturated rings. The fourth-order valence-corrected chi connectivity index (χ4v) is 2.52. The normalized spacial score (nSPS) is 10.9. The number of hydrogen-bond donors (Lipinski definition) is 1. The predicted octanol–water partition coefficient (Wildman–Crippen LogP) is 5.29. The van der Waals surface area contributed by atoms with Crippen molar-refractivity contribution in [1.29, 1.82) is 0 Å². The minimum atomic E-state index is -4.62. The third kappa shape index (κ3) is 5.60. The Morgan fingerprint density at radius 3 is 2.07 bits per heavy atom. The van der Waals surface area contributed by atoms with Crippen molar-refractivity contribution < 1.29 is 32.2 Å². The fraction of sp³-hybridized carbons (Fsp3) is 0.0909. The van der Waals surface area contributed by atoms with Crippen molar-refractivity contribution in [2.24, 2.45) is 0 Å². The van der Waals surface area contributed by atoms with E-state index in [1.165, 1.54) is 24.3 Å². The number of esters is 1. The third-order valence-electron chi connectivity index (χ3n) is 3.91. The number of rotatable bonds is 6. The van der Waals surface area contributed by atoms with Gasteiger partial charge in [0.1, 0.15) is 11.5 Å². The lowest BCUT2D eigenvalue weighted by Crippen LogP contribution is -2.22. The monoisotopic (exact) mass is 415 g/mol. The molecule has 5 nitrogen and oxygen atoms in total. The molecule has 3 aromatic rings. The lowest BCUT2D eigenvalue weighted by Gasteiger charge is -2.13. The molecule has 0 unspecified atom stereocenters. The summed E-state index contributed by atoms with van der Waals surface area (Å²) in [6.07, 6.45) is -4.62. The van der Waals surface area contributed by atoms with Crippen molar-refractivity contribution in [3.05, 3.63) is 90.0 Å². The molecule has 0 aliphatic heterocycles. The molecule has 1 N–H and O–H groups in total. The van der Waals surface area contributed by atoms with E-state index in [9.17, 15) is 22.8 Å². The second-order valence-corrected chi connectivity index (χ2v) is 6.11. The van der Waals surface area contributed by atoms with Gasteiger partial charge in [-0.2, -0.15) is 13.2 Å². The van der Waals surface area contributed by atoms with Crippen LogP contribution in [0.15, 0.2) is 78.9 Å². The van der Waals surface area contributed by atoms with Gasteiger partial charge < -0.3 is 14.8 Å². The molecule has 0 saturated heterocycles. The lowest BCUT2D eigenvalue weighted by molar-refractivity contribution is -0.137. The van der Waals surface area contributed by atoms with Crippen LogP contribution in [0.2, 0.25) is 0 Å². The molecule has 0 aromatic heterocycles. The molecule has 0 heterocycles. The van der Waals surface area contributed by atoms with Crippen LogP contribution in [0, 0.1) is 0 Å². The second-order valence-electron chi connectivity index (χ2n) is 6.11. The Labute approximate surface area is 170 Å². The zero-order chi connectivity index (χ0) is 21.6. The Morgan fingerprint density at radius 2 is 1.40 bits per heavy atom. The van der Waals surface area contributed by atoms with Crippen molar-refractivity contribution in [1.82, 2.24) is 0 Å². The van der Waals surface area contributed by atoms with Crippen LogP contribution >= 0.6 is 0 Å². The van der Waals surface area contributed by atoms with E-state index in [0.29, 0.717) is 11.5 Å². The smallest absolute Gasteiger partial charge is 0.418 e. The van der Waals surface area contributed by atoms with Crippen LogP contribution in [0.1, 0.15) is 15.9 Å². The van der Waals surface area contributed by atoms with Crippen molar-refractivity contribution in [3.8, 4) is 11.5 Å². The van der Waals surface area contributed by atoms with E-state index in [0.717, 1.165) is 12.1 Å². The molecule has 30 heavy (non-hydrogen) atoms. The number of alkyl halides is 3. The van der Waals surface area contributed by atoms with Crippen molar-refractivity contribution in [2.45, 2.75) is 6.18 Å². The maximum Gasteiger partial charge on any atom is 0.418 e. The minimum absolute atomic E-state index is 0.166. The van der Waals surface area contributed by atoms with Gasteiger partial charge in [0.25, 0.3) is 5.91 Å². The number of carbonyl (C=O) groups excluding carboxylic acids is 2. The number of para-hydroxylation sites is 2. The summed E-state index contributed by atoms with van der Waals surface area (Å²) in [6.45, 7) is -0.729. The predicted molar refractivity (Wildman–Crippen MR) is 103 cm³/mol. The first kappa shape index (κ1) is 20.9. The van der Waals surface area contributed by atoms with Gasteiger partial charge in [0.05, 0.1) is 16.8 Å². The Balaban J connectivity index is 1.55. The van der Waals surface area contributed by atoms with Crippen LogP contribution in [0.3, 0.4) is 0 Å². The van der Waals surface area contributed by atoms with Crippen LogP contribution in [-0.4, -0.2) is 18.5 Å². The second kappa shape index (κ2) is 9.13. The minimum Gasteiger partial charge on any atom is -0.457 e. The summed E-state index contributed by atoms with van der Waals surface area (Å²) in [4.78, 5) is 24.0. The summed E-state index contributed by atoms with van der Waals surface area (Å²) in [7, 11) is 0. The van der Waals surface area contributed by atoms with Crippen LogP contribution in [0.25, 0.3) is 0 Å². The average Bonchev–Trinajstić information content (AvgIpc) is 2.73. The SMILES string of the molecule is O=C(COC(=O)c1ccc(Oc2ccccc2)cc1)Nc1ccccc1C(F)(F)F. The van der Waals surface area contributed by atoms with Crippen molar-refractivity contribution in [2.75, 3.05) is 11.9 Å². The highest BCUT2D eigenvalue weighted by Gasteiger charge is 2.33. The first-order valence-electron chi connectivity index (χ1n) is 8.79. The summed E-state index contributed by atoms with van der Waals surface area (Å²) in [5.74, 6) is -0.549. The molecule has 0 atom stereocenters. The van der Waals surface area contributed by atoms with Gasteiger partial charge in [0, 0.05) is 0 Å². The Kier molecular flexibility index (Phi) is 6.36. The molecule has 0 bridgehead atoms. The fourth-order valence-electron chi connectivity index (χ4n) is 2.52. The van der Waals surface area contributed by atoms with E-state index in [1.54, 1.807) is 24.3 Å². The summed E-state index contributed by atoms with van der Waals surface area (Å²) in [5, 5.41) is 2.10. The van der Waals surface area contributed by atoms with Gasteiger partial charge >= 0.3 is 12.1 Å². The van der Waals surface area contributed by atoms with Gasteiger partial charge in [-0.3, -0.25) is 4.79 Å². The number of hydrogen-bond acceptors (Lipinski definition) is 4. The van der Waals surface area contributed by atoms with Gasteiger partial charge in [-0.25, -0.2) is 4.79 Å². The number of ether oxygens (including phenoxy) is 2. The highest BCUT2D eigenvalue weighted by molar-refractivity contribution is 5.96. The van der Waals surface area contributed by atoms with Gasteiger partial charge in [0.15, 0.2) is 6.61 Å². The number of anilines is 1. The number of halogens is 3. The summed E-state index contributed by atoms with van der Waals surface area (Å²) < 4.78 is 49.4. The molecule has 8 heteroatoms. The molecular weight excluding hydrogens is 399 g/mol. The summed E-state index contributed by atoms with van der Waals surface area (Å²) >= 11 is 0. The lowest BCUT2D eigenvalue weighted by atomic mass is 10.1. The number of benzene rings is 3. The Bertz CT molecular complexity index is 1020. The molecule has 3 rings (SSSR count). The van der Waals surface area contributed by atoms with Crippen molar-refractivity contribution in [3.63, 3.8) is 0 Å². The van der Waals surface area contributed by atoms with E-state index >= 15 is 0 Å². The molecular formula is C22H16F3NO4. The van der Waals surface area contributed by atoms with Gasteiger partial charge in [-0.15, -0.1) is 0 Å². The zero-order valence-corrected chi connectivity index (χ0v) is 15.5. The number of nitrogens with one attached hydrogen (secondary N) is 1. The quantitative estimate of drug-likeness (QED) is 0.556. The van der Waals surface area contributed by atoms with Gasteiger partial charge in [-0.05, 0) is 48.5 Å². The Morgan fingerprint density at radius 1 is 0.800 bits per heavy atom. The Hall–Kier alpha value is -3.81. The van der Waals surface area contributed by atoms with E-state index in [1.807, 2.05) is 18.2 Å². The molecule has 0 radical (unpaired) electrons. The van der Waals surface area contributed by atoms with Crippen molar-refractivity contribution >= 4 is 17.6 Å². The van der Waals surface area contributed by atoms with E-state index < -0.39 is 35.9 Å². The maximum absolute atomic E-state index is 13.0. The first-order valence-corrected chi connectivity index (χ1v) is 8.79. The summed E-state index contributed by atoms with van der Waals surface area (Å²) in [6, 6.07) is 19.6. The molecule has 0 aliphatic rings. The first-order chi connectivity index (χ1) is 14.3. The number of amides is 1. The highest BCUT2D eigenvalue weighted by atomic mass is 19.4. The van der Waals surface area contributed by atoms with Gasteiger partial charge in [-0.1, -0.05) is 30.3 Å². The third-order valence-corrected chi connectivity index (χ3v) is 3.91. The molecule has 3 aromatic carbocycles. The molecule has 0 saturated carbocycles. The van der Waals surface area contributed by atoms with Crippen LogP contribution < -0.4 is 10.1 Å². The standard InChI is InChI=1S/C22H16F3NO4/c23-22(24,25)18-8-4-5-9-19(18)26-20(27)14-29-21(28)15-10-12-17(13-11-15)30-16-6-2-1-3-7-16/h1-13H,14H2,(H,26,27). The van der Waals surface area contributed by atoms with Gasteiger partial charge in [0.2, 0.25) is 0 Å². The zero-order valence-electron chi connectivity index (χ0n) is 15.5.